The summed E-state index contributed by atoms with van der Waals surface area (Å²) in [5, 5.41) is 9.07. The van der Waals surface area contributed by atoms with Crippen LogP contribution < -0.4 is 61.7 Å². The first-order valence-corrected chi connectivity index (χ1v) is 8.18. The molecule has 0 saturated carbocycles. The molecule has 2 rings (SSSR count). The number of carboxylic acid groups (broad SMARTS) is 1. The second-order valence-electron chi connectivity index (χ2n) is 7.15. The van der Waals surface area contributed by atoms with Crippen LogP contribution in [0.3, 0.4) is 0 Å². The molecule has 11 heteroatoms. The zero-order valence-electron chi connectivity index (χ0n) is 15.8. The summed E-state index contributed by atoms with van der Waals surface area (Å²) in [5.41, 5.74) is -1.81. The van der Waals surface area contributed by atoms with E-state index in [1.54, 1.807) is 25.7 Å². The van der Waals surface area contributed by atoms with Gasteiger partial charge in [-0.25, -0.2) is 9.59 Å². The number of rotatable bonds is 3. The second-order valence-corrected chi connectivity index (χ2v) is 7.15. The minimum absolute atomic E-state index is 0. The van der Waals surface area contributed by atoms with Crippen LogP contribution in [0.4, 0.5) is 23.4 Å². The van der Waals surface area contributed by atoms with Gasteiger partial charge in [-0.3, -0.25) is 0 Å². The average Bonchev–Trinajstić information content (AvgIpc) is 2.52. The predicted octanol–water partition coefficient (Wildman–Crippen LogP) is -0.500. The average molecular weight is 412 g/mol. The number of carboxylic acids is 1. The van der Waals surface area contributed by atoms with E-state index in [4.69, 9.17) is 9.84 Å². The number of piperazine rings is 1. The Balaban J connectivity index is 0.00000364. The molecule has 1 saturated heterocycles. The van der Waals surface area contributed by atoms with Gasteiger partial charge in [0.15, 0.2) is 0 Å². The molecule has 1 fully saturated rings. The van der Waals surface area contributed by atoms with Gasteiger partial charge in [0.25, 0.3) is 0 Å². The summed E-state index contributed by atoms with van der Waals surface area (Å²) in [7, 11) is 0. The first-order chi connectivity index (χ1) is 11.9. The molecule has 1 aromatic carbocycles. The van der Waals surface area contributed by atoms with Crippen LogP contribution >= 0.6 is 0 Å². The molecule has 144 valence electrons. The third-order valence-electron chi connectivity index (χ3n) is 3.86. The van der Waals surface area contributed by atoms with Crippen molar-refractivity contribution in [2.75, 3.05) is 31.1 Å². The van der Waals surface area contributed by atoms with E-state index < -0.39 is 35.7 Å². The van der Waals surface area contributed by atoms with Crippen molar-refractivity contribution in [1.82, 2.24) is 4.90 Å². The smallest absolute Gasteiger partial charge is 0.478 e. The maximum atomic E-state index is 13.1. The predicted molar refractivity (Wildman–Crippen MR) is 92.1 cm³/mol. The number of hydrogen-bond acceptors (Lipinski definition) is 4. The van der Waals surface area contributed by atoms with E-state index in [2.05, 4.69) is 0 Å². The van der Waals surface area contributed by atoms with E-state index >= 15 is 0 Å². The zero-order valence-corrected chi connectivity index (χ0v) is 19.0. The minimum atomic E-state index is -5.31. The molecule has 0 aliphatic carbocycles. The summed E-state index contributed by atoms with van der Waals surface area (Å²) in [4.78, 5) is 26.3. The van der Waals surface area contributed by atoms with Crippen molar-refractivity contribution in [2.24, 2.45) is 0 Å². The Morgan fingerprint density at radius 1 is 1.07 bits per heavy atom. The van der Waals surface area contributed by atoms with Crippen LogP contribution in [0.25, 0.3) is 0 Å². The Labute approximate surface area is 198 Å². The fourth-order valence-electron chi connectivity index (χ4n) is 2.60. The Kier molecular flexibility index (Phi) is 8.25. The molecule has 0 aromatic heterocycles. The summed E-state index contributed by atoms with van der Waals surface area (Å²) in [6, 6.07) is 2.81. The quantitative estimate of drug-likeness (QED) is 0.679. The Morgan fingerprint density at radius 3 is 2.07 bits per heavy atom. The monoisotopic (exact) mass is 412 g/mol. The molecule has 0 bridgehead atoms. The van der Waals surface area contributed by atoms with Crippen molar-refractivity contribution in [3.05, 3.63) is 23.8 Å². The van der Waals surface area contributed by atoms with Gasteiger partial charge in [0, 0.05) is 31.9 Å². The van der Waals surface area contributed by atoms with Crippen molar-refractivity contribution >= 4 is 30.2 Å². The fraction of sp³-hybridized carbons (Fsp3) is 0.500. The van der Waals surface area contributed by atoms with E-state index in [1.165, 1.54) is 11.0 Å². The summed E-state index contributed by atoms with van der Waals surface area (Å²) >= 11 is 0. The molecule has 1 heterocycles. The van der Waals surface area contributed by atoms with Gasteiger partial charge in [0.05, 0.1) is 5.56 Å². The van der Waals surface area contributed by atoms with Gasteiger partial charge in [0.1, 0.15) is 5.60 Å². The van der Waals surface area contributed by atoms with Crippen LogP contribution in [0.1, 0.15) is 31.1 Å². The molecule has 0 atom stereocenters. The summed E-state index contributed by atoms with van der Waals surface area (Å²) in [5.74, 6) is -1.42. The molecule has 0 unspecified atom stereocenters. The molecule has 1 aliphatic heterocycles. The maximum Gasteiger partial charge on any atom is 1.00 e. The molecular formula is C16H21BF3KN2O4. The molecular weight excluding hydrogens is 391 g/mol. The van der Waals surface area contributed by atoms with Gasteiger partial charge in [-0.2, -0.15) is 0 Å². The molecule has 0 spiro atoms. The van der Waals surface area contributed by atoms with Crippen molar-refractivity contribution in [3.8, 4) is 0 Å². The first-order valence-electron chi connectivity index (χ1n) is 8.18. The number of hydrogen-bond donors (Lipinski definition) is 1. The largest absolute Gasteiger partial charge is 1.00 e. The molecule has 1 aliphatic rings. The second kappa shape index (κ2) is 9.17. The topological polar surface area (TPSA) is 70.1 Å². The van der Waals surface area contributed by atoms with Gasteiger partial charge in [-0.15, -0.1) is 5.46 Å². The number of anilines is 1. The normalized spacial score (nSPS) is 15.2. The van der Waals surface area contributed by atoms with Gasteiger partial charge in [-0.1, -0.05) is 12.1 Å². The summed E-state index contributed by atoms with van der Waals surface area (Å²) in [6.45, 7) is 1.05. The standard InChI is InChI=1S/C16H21BF3N2O4.K/c1-16(2,3)26-15(25)22-6-4-21(5-7-22)13-9-11(14(23)24)8-12(10-13)17(18,19)20;/h8-10H,4-7H2,1-3H3,(H,23,24);/q-1;+1. The van der Waals surface area contributed by atoms with Gasteiger partial charge in [0.2, 0.25) is 0 Å². The number of carbonyl (C=O) groups excluding carboxylic acids is 1. The van der Waals surface area contributed by atoms with Gasteiger partial charge >= 0.3 is 70.4 Å². The number of nitrogens with zero attached hydrogens (tertiary/aromatic N) is 2. The number of benzene rings is 1. The van der Waals surface area contributed by atoms with E-state index in [0.29, 0.717) is 6.07 Å². The summed E-state index contributed by atoms with van der Waals surface area (Å²) in [6.07, 6.45) is -0.476. The van der Waals surface area contributed by atoms with E-state index in [0.717, 1.165) is 6.07 Å². The summed E-state index contributed by atoms with van der Waals surface area (Å²) < 4.78 is 44.5. The van der Waals surface area contributed by atoms with Crippen LogP contribution in [0.15, 0.2) is 18.2 Å². The van der Waals surface area contributed by atoms with Crippen molar-refractivity contribution < 1.29 is 83.8 Å². The number of ether oxygens (including phenoxy) is 1. The molecule has 1 N–H and O–H groups in total. The number of amides is 1. The van der Waals surface area contributed by atoms with Crippen molar-refractivity contribution in [2.45, 2.75) is 26.4 Å². The Morgan fingerprint density at radius 2 is 1.63 bits per heavy atom. The fourth-order valence-corrected chi connectivity index (χ4v) is 2.60. The van der Waals surface area contributed by atoms with Crippen molar-refractivity contribution in [1.29, 1.82) is 0 Å². The van der Waals surface area contributed by atoms with Crippen LogP contribution in [0, 0.1) is 0 Å². The molecule has 27 heavy (non-hydrogen) atoms. The van der Waals surface area contributed by atoms with Crippen LogP contribution in [0.5, 0.6) is 0 Å². The van der Waals surface area contributed by atoms with E-state index in [9.17, 15) is 22.5 Å². The van der Waals surface area contributed by atoms with Gasteiger partial charge < -0.3 is 32.6 Å². The SMILES string of the molecule is CC(C)(C)OC(=O)N1CCN(c2cc(C(=O)O)cc([B-](F)(F)F)c2)CC1.[K+]. The Hall–Kier alpha value is -0.749. The zero-order chi connectivity index (χ0) is 19.7. The van der Waals surface area contributed by atoms with Crippen LogP contribution in [0.2, 0.25) is 0 Å². The van der Waals surface area contributed by atoms with Crippen LogP contribution in [-0.4, -0.2) is 60.8 Å². The molecule has 6 nitrogen and oxygen atoms in total. The van der Waals surface area contributed by atoms with Crippen LogP contribution in [-0.2, 0) is 4.74 Å². The molecule has 1 aromatic rings. The number of carbonyl (C=O) groups is 2. The third-order valence-corrected chi connectivity index (χ3v) is 3.86. The number of halogens is 3. The van der Waals surface area contributed by atoms with Crippen molar-refractivity contribution in [3.63, 3.8) is 0 Å². The van der Waals surface area contributed by atoms with E-state index in [-0.39, 0.29) is 83.3 Å². The van der Waals surface area contributed by atoms with E-state index in [1.807, 2.05) is 0 Å². The maximum absolute atomic E-state index is 13.1. The third kappa shape index (κ3) is 6.97. The molecule has 1 amide bonds. The first kappa shape index (κ1) is 24.3. The Bertz CT molecular complexity index is 702. The van der Waals surface area contributed by atoms with Gasteiger partial charge in [-0.05, 0) is 26.8 Å². The number of aromatic carboxylic acids is 1. The molecule has 0 radical (unpaired) electrons. The minimum Gasteiger partial charge on any atom is -0.478 e.